The Kier molecular flexibility index (Phi) is 5.62. The van der Waals surface area contributed by atoms with Crippen LogP contribution in [0.2, 0.25) is 5.02 Å². The second-order valence-corrected chi connectivity index (χ2v) is 7.21. The zero-order chi connectivity index (χ0) is 20.2. The molecule has 1 aliphatic rings. The van der Waals surface area contributed by atoms with E-state index in [0.29, 0.717) is 17.0 Å². The number of carbonyl (C=O) groups is 1. The zero-order valence-corrected chi connectivity index (χ0v) is 16.2. The fourth-order valence-electron chi connectivity index (χ4n) is 3.22. The van der Waals surface area contributed by atoms with Crippen molar-refractivity contribution in [2.24, 2.45) is 5.16 Å². The summed E-state index contributed by atoms with van der Waals surface area (Å²) in [5, 5.41) is 4.81. The summed E-state index contributed by atoms with van der Waals surface area (Å²) in [6, 6.07) is 16.8. The molecule has 0 saturated carbocycles. The van der Waals surface area contributed by atoms with Gasteiger partial charge in [-0.25, -0.2) is 4.39 Å². The first-order valence-corrected chi connectivity index (χ1v) is 9.52. The molecule has 0 unspecified atom stereocenters. The number of hydrogen-bond acceptors (Lipinski definition) is 4. The number of amides is 1. The predicted molar refractivity (Wildman–Crippen MR) is 107 cm³/mol. The third kappa shape index (κ3) is 4.66. The molecule has 148 valence electrons. The molecule has 0 radical (unpaired) electrons. The second-order valence-electron chi connectivity index (χ2n) is 6.77. The van der Waals surface area contributed by atoms with Crippen molar-refractivity contribution in [3.63, 3.8) is 0 Å². The van der Waals surface area contributed by atoms with Crippen LogP contribution in [0.5, 0.6) is 0 Å². The number of furan rings is 1. The van der Waals surface area contributed by atoms with Crippen LogP contribution in [-0.2, 0) is 11.4 Å². The maximum Gasteiger partial charge on any atom is 0.289 e. The van der Waals surface area contributed by atoms with Crippen LogP contribution < -0.4 is 0 Å². The molecule has 3 aromatic rings. The van der Waals surface area contributed by atoms with E-state index in [-0.39, 0.29) is 36.7 Å². The Balaban J connectivity index is 1.48. The maximum atomic E-state index is 13.6. The highest BCUT2D eigenvalue weighted by Gasteiger charge is 2.28. The zero-order valence-electron chi connectivity index (χ0n) is 15.4. The van der Waals surface area contributed by atoms with Gasteiger partial charge in [-0.15, -0.1) is 0 Å². The molecule has 0 N–H and O–H groups in total. The summed E-state index contributed by atoms with van der Waals surface area (Å²) in [5.74, 6) is -0.417. The molecule has 2 heterocycles. The van der Waals surface area contributed by atoms with Gasteiger partial charge in [-0.1, -0.05) is 41.0 Å². The van der Waals surface area contributed by atoms with Gasteiger partial charge in [-0.2, -0.15) is 0 Å². The molecular formula is C22H18ClFN2O3. The van der Waals surface area contributed by atoms with Crippen LogP contribution in [0.3, 0.4) is 0 Å². The smallest absolute Gasteiger partial charge is 0.289 e. The van der Waals surface area contributed by atoms with Crippen molar-refractivity contribution >= 4 is 23.2 Å². The Hall–Kier alpha value is -3.12. The molecular weight excluding hydrogens is 395 g/mol. The topological polar surface area (TPSA) is 55.0 Å². The first-order chi connectivity index (χ1) is 14.1. The number of halogens is 2. The third-order valence-electron chi connectivity index (χ3n) is 4.62. The van der Waals surface area contributed by atoms with Crippen LogP contribution in [0.4, 0.5) is 4.39 Å². The molecule has 1 aromatic heterocycles. The van der Waals surface area contributed by atoms with Crippen molar-refractivity contribution in [1.82, 2.24) is 4.90 Å². The minimum atomic E-state index is -0.349. The highest BCUT2D eigenvalue weighted by Crippen LogP contribution is 2.21. The van der Waals surface area contributed by atoms with Crippen molar-refractivity contribution in [2.75, 3.05) is 6.54 Å². The fraction of sp³-hybridized carbons (Fsp3) is 0.182. The number of hydrogen-bond donors (Lipinski definition) is 0. The lowest BCUT2D eigenvalue weighted by atomic mass is 10.0. The van der Waals surface area contributed by atoms with E-state index in [0.717, 1.165) is 11.3 Å². The Morgan fingerprint density at radius 2 is 2.00 bits per heavy atom. The molecule has 1 atom stereocenters. The molecule has 0 spiro atoms. The van der Waals surface area contributed by atoms with Gasteiger partial charge in [-0.05, 0) is 47.5 Å². The number of carbonyl (C=O) groups excluding carboxylic acids is 1. The van der Waals surface area contributed by atoms with Crippen LogP contribution in [0.1, 0.15) is 28.1 Å². The number of benzene rings is 2. The Bertz CT molecular complexity index is 1020. The molecule has 7 heteroatoms. The van der Waals surface area contributed by atoms with Crippen LogP contribution in [0.25, 0.3) is 0 Å². The van der Waals surface area contributed by atoms with Crippen molar-refractivity contribution in [1.29, 1.82) is 0 Å². The van der Waals surface area contributed by atoms with Gasteiger partial charge in [0.2, 0.25) is 0 Å². The maximum absolute atomic E-state index is 13.6. The average Bonchev–Trinajstić information content (AvgIpc) is 3.40. The number of nitrogens with zero attached hydrogens (tertiary/aromatic N) is 2. The summed E-state index contributed by atoms with van der Waals surface area (Å²) in [7, 11) is 0. The lowest BCUT2D eigenvalue weighted by Gasteiger charge is -2.24. The molecule has 1 amide bonds. The van der Waals surface area contributed by atoms with Crippen molar-refractivity contribution in [3.8, 4) is 0 Å². The minimum Gasteiger partial charge on any atom is -0.459 e. The van der Waals surface area contributed by atoms with Gasteiger partial charge in [0.25, 0.3) is 5.91 Å². The van der Waals surface area contributed by atoms with Gasteiger partial charge in [0, 0.05) is 18.0 Å². The highest BCUT2D eigenvalue weighted by atomic mass is 35.5. The first-order valence-electron chi connectivity index (χ1n) is 9.14. The van der Waals surface area contributed by atoms with Gasteiger partial charge in [0.15, 0.2) is 11.9 Å². The molecule has 0 bridgehead atoms. The molecule has 1 aliphatic heterocycles. The summed E-state index contributed by atoms with van der Waals surface area (Å²) in [5.41, 5.74) is 2.40. The van der Waals surface area contributed by atoms with E-state index in [1.165, 1.54) is 18.4 Å². The number of rotatable bonds is 6. The number of oxime groups is 1. The van der Waals surface area contributed by atoms with Gasteiger partial charge in [0.1, 0.15) is 5.82 Å². The monoisotopic (exact) mass is 412 g/mol. The molecule has 0 fully saturated rings. The van der Waals surface area contributed by atoms with E-state index < -0.39 is 0 Å². The van der Waals surface area contributed by atoms with Crippen molar-refractivity contribution in [3.05, 3.63) is 94.7 Å². The average molecular weight is 413 g/mol. The lowest BCUT2D eigenvalue weighted by Crippen LogP contribution is -2.37. The molecule has 0 aliphatic carbocycles. The Morgan fingerprint density at radius 3 is 2.72 bits per heavy atom. The SMILES string of the molecule is O=C(c1ccco1)N(Cc1cccc(F)c1)C[C@@H]1CC(c2ccc(Cl)cc2)=NO1. The first kappa shape index (κ1) is 19.2. The molecule has 0 saturated heterocycles. The minimum absolute atomic E-state index is 0.221. The molecule has 2 aromatic carbocycles. The lowest BCUT2D eigenvalue weighted by molar-refractivity contribution is 0.0387. The van der Waals surface area contributed by atoms with Crippen molar-refractivity contribution < 1.29 is 18.4 Å². The Morgan fingerprint density at radius 1 is 1.17 bits per heavy atom. The van der Waals surface area contributed by atoms with E-state index in [4.69, 9.17) is 20.9 Å². The summed E-state index contributed by atoms with van der Waals surface area (Å²) in [4.78, 5) is 20.1. The molecule has 5 nitrogen and oxygen atoms in total. The van der Waals surface area contributed by atoms with Crippen LogP contribution >= 0.6 is 11.6 Å². The van der Waals surface area contributed by atoms with Gasteiger partial charge in [0.05, 0.1) is 18.5 Å². The van der Waals surface area contributed by atoms with Crippen molar-refractivity contribution in [2.45, 2.75) is 19.1 Å². The van der Waals surface area contributed by atoms with Gasteiger partial charge < -0.3 is 14.2 Å². The largest absolute Gasteiger partial charge is 0.459 e. The van der Waals surface area contributed by atoms with E-state index in [1.807, 2.05) is 12.1 Å². The summed E-state index contributed by atoms with van der Waals surface area (Å²) >= 11 is 5.94. The van der Waals surface area contributed by atoms with Gasteiger partial charge in [-0.3, -0.25) is 4.79 Å². The molecule has 29 heavy (non-hydrogen) atoms. The molecule has 4 rings (SSSR count). The van der Waals surface area contributed by atoms with E-state index >= 15 is 0 Å². The summed E-state index contributed by atoms with van der Waals surface area (Å²) in [6.45, 7) is 0.518. The highest BCUT2D eigenvalue weighted by molar-refractivity contribution is 6.30. The normalized spacial score (nSPS) is 15.7. The van der Waals surface area contributed by atoms with Crippen LogP contribution in [-0.4, -0.2) is 29.2 Å². The Labute approximate surface area is 172 Å². The fourth-order valence-corrected chi connectivity index (χ4v) is 3.34. The standard InChI is InChI=1S/C22H18ClFN2O3/c23-17-8-6-16(7-9-17)20-12-19(29-25-20)14-26(22(27)21-5-2-10-28-21)13-15-3-1-4-18(24)11-15/h1-11,19H,12-14H2/t19-/m0/s1. The quantitative estimate of drug-likeness (QED) is 0.578. The van der Waals surface area contributed by atoms with Crippen LogP contribution in [0.15, 0.2) is 76.5 Å². The van der Waals surface area contributed by atoms with E-state index in [1.54, 1.807) is 41.3 Å². The van der Waals surface area contributed by atoms with E-state index in [9.17, 15) is 9.18 Å². The van der Waals surface area contributed by atoms with Gasteiger partial charge >= 0.3 is 0 Å². The predicted octanol–water partition coefficient (Wildman–Crippen LogP) is 4.91. The van der Waals surface area contributed by atoms with E-state index in [2.05, 4.69) is 5.16 Å². The third-order valence-corrected chi connectivity index (χ3v) is 4.87. The summed E-state index contributed by atoms with van der Waals surface area (Å²) < 4.78 is 18.8. The van der Waals surface area contributed by atoms with Crippen LogP contribution in [0, 0.1) is 5.82 Å². The second kappa shape index (κ2) is 8.49. The summed E-state index contributed by atoms with van der Waals surface area (Å²) in [6.07, 6.45) is 1.68.